The lowest BCUT2D eigenvalue weighted by Crippen LogP contribution is -2.41. The summed E-state index contributed by atoms with van der Waals surface area (Å²) in [6, 6.07) is 0. The summed E-state index contributed by atoms with van der Waals surface area (Å²) in [6.07, 6.45) is 16.6. The second-order valence-electron chi connectivity index (χ2n) is 7.68. The summed E-state index contributed by atoms with van der Waals surface area (Å²) in [4.78, 5) is 0. The molecule has 1 saturated heterocycles. The number of ether oxygens (including phenoxy) is 2. The van der Waals surface area contributed by atoms with Crippen LogP contribution in [0.3, 0.4) is 0 Å². The minimum atomic E-state index is -1.05. The molecule has 0 aromatic carbocycles. The molecule has 160 valence electrons. The number of unbranched alkanes of at least 4 members (excludes halogenated alkanes) is 10. The average molecular weight is 387 g/mol. The van der Waals surface area contributed by atoms with Crippen molar-refractivity contribution in [1.82, 2.24) is 0 Å². The Kier molecular flexibility index (Phi) is 15.0. The van der Waals surface area contributed by atoms with Crippen LogP contribution in [0.2, 0.25) is 0 Å². The number of hydrogen-bond acceptors (Lipinski definition) is 5. The second-order valence-corrected chi connectivity index (χ2v) is 7.68. The fourth-order valence-corrected chi connectivity index (χ4v) is 3.43. The molecule has 0 aromatic rings. The fraction of sp³-hybridized carbons (Fsp3) is 0.909. The largest absolute Gasteiger partial charge is 0.394 e. The highest BCUT2D eigenvalue weighted by molar-refractivity contribution is 4.88. The number of hydrogen-bond donors (Lipinski definition) is 3. The van der Waals surface area contributed by atoms with E-state index in [9.17, 15) is 10.2 Å². The Morgan fingerprint density at radius 2 is 1.56 bits per heavy atom. The Bertz CT molecular complexity index is 361. The van der Waals surface area contributed by atoms with Crippen molar-refractivity contribution in [3.05, 3.63) is 12.2 Å². The molecule has 5 nitrogen and oxygen atoms in total. The van der Waals surface area contributed by atoms with E-state index >= 15 is 0 Å². The summed E-state index contributed by atoms with van der Waals surface area (Å²) in [7, 11) is 0. The van der Waals surface area contributed by atoms with Gasteiger partial charge < -0.3 is 24.8 Å². The zero-order valence-corrected chi connectivity index (χ0v) is 17.2. The van der Waals surface area contributed by atoms with Gasteiger partial charge in [-0.15, -0.1) is 0 Å². The molecule has 1 aliphatic heterocycles. The van der Waals surface area contributed by atoms with Crippen molar-refractivity contribution in [3.63, 3.8) is 0 Å². The van der Waals surface area contributed by atoms with Crippen LogP contribution in [0.4, 0.5) is 0 Å². The monoisotopic (exact) mass is 386 g/mol. The molecule has 3 N–H and O–H groups in total. The summed E-state index contributed by atoms with van der Waals surface area (Å²) in [5.41, 5.74) is 0. The Labute approximate surface area is 165 Å². The van der Waals surface area contributed by atoms with Gasteiger partial charge in [0.05, 0.1) is 13.2 Å². The van der Waals surface area contributed by atoms with E-state index in [0.29, 0.717) is 6.61 Å². The molecule has 0 radical (unpaired) electrons. The first-order chi connectivity index (χ1) is 13.2. The van der Waals surface area contributed by atoms with E-state index in [1.807, 2.05) is 0 Å². The van der Waals surface area contributed by atoms with Gasteiger partial charge in [-0.05, 0) is 32.1 Å². The zero-order chi connectivity index (χ0) is 19.7. The van der Waals surface area contributed by atoms with Crippen LogP contribution in [-0.4, -0.2) is 59.6 Å². The van der Waals surface area contributed by atoms with Crippen molar-refractivity contribution in [2.75, 3.05) is 19.8 Å². The molecular formula is C22H42O5. The molecule has 0 saturated carbocycles. The molecule has 1 aliphatic rings. The van der Waals surface area contributed by atoms with E-state index in [-0.39, 0.29) is 6.61 Å². The summed E-state index contributed by atoms with van der Waals surface area (Å²) in [6.45, 7) is 2.71. The maximum Gasteiger partial charge on any atom is 0.114 e. The van der Waals surface area contributed by atoms with Gasteiger partial charge in [-0.25, -0.2) is 0 Å². The summed E-state index contributed by atoms with van der Waals surface area (Å²) < 4.78 is 11.0. The SMILES string of the molecule is CCCCC/C=C/CCCCCCCCCO[C@@H]1CO[C@@H]([C@@H](O)CO)[C@H]1O. The van der Waals surface area contributed by atoms with Gasteiger partial charge in [0.2, 0.25) is 0 Å². The molecule has 1 heterocycles. The normalized spacial score (nSPS) is 24.1. The first-order valence-electron chi connectivity index (χ1n) is 11.1. The average Bonchev–Trinajstić information content (AvgIpc) is 3.04. The van der Waals surface area contributed by atoms with Gasteiger partial charge in [-0.2, -0.15) is 0 Å². The first kappa shape index (κ1) is 24.6. The van der Waals surface area contributed by atoms with Crippen molar-refractivity contribution in [1.29, 1.82) is 0 Å². The minimum absolute atomic E-state index is 0.274. The summed E-state index contributed by atoms with van der Waals surface area (Å²) in [5.74, 6) is 0. The standard InChI is InChI=1S/C22H42O5/c1-2-3-4-5-6-7-8-9-10-11-12-13-14-15-16-26-20-18-27-22(21(20)25)19(24)17-23/h6-7,19-25H,2-5,8-18H2,1H3/b7-6+/t19-,20+,21-,22-/m0/s1. The smallest absolute Gasteiger partial charge is 0.114 e. The quantitative estimate of drug-likeness (QED) is 0.262. The molecule has 0 aliphatic carbocycles. The van der Waals surface area contributed by atoms with Gasteiger partial charge in [0.1, 0.15) is 24.4 Å². The van der Waals surface area contributed by atoms with Crippen molar-refractivity contribution in [2.45, 2.75) is 108 Å². The van der Waals surface area contributed by atoms with Crippen LogP contribution in [-0.2, 0) is 9.47 Å². The third kappa shape index (κ3) is 11.2. The Morgan fingerprint density at radius 1 is 0.963 bits per heavy atom. The maximum absolute atomic E-state index is 10.0. The van der Waals surface area contributed by atoms with Crippen LogP contribution < -0.4 is 0 Å². The van der Waals surface area contributed by atoms with Crippen LogP contribution in [0.15, 0.2) is 12.2 Å². The summed E-state index contributed by atoms with van der Waals surface area (Å²) >= 11 is 0. The van der Waals surface area contributed by atoms with Crippen molar-refractivity contribution < 1.29 is 24.8 Å². The molecule has 0 amide bonds. The lowest BCUT2D eigenvalue weighted by atomic mass is 10.1. The van der Waals surface area contributed by atoms with E-state index in [2.05, 4.69) is 19.1 Å². The lowest BCUT2D eigenvalue weighted by Gasteiger charge is -2.20. The molecule has 1 rings (SSSR count). The first-order valence-corrected chi connectivity index (χ1v) is 11.1. The maximum atomic E-state index is 10.0. The highest BCUT2D eigenvalue weighted by atomic mass is 16.6. The summed E-state index contributed by atoms with van der Waals surface area (Å²) in [5, 5.41) is 28.5. The van der Waals surface area contributed by atoms with Gasteiger partial charge in [0.25, 0.3) is 0 Å². The van der Waals surface area contributed by atoms with Crippen molar-refractivity contribution in [2.24, 2.45) is 0 Å². The molecule has 0 aromatic heterocycles. The van der Waals surface area contributed by atoms with Crippen molar-refractivity contribution in [3.8, 4) is 0 Å². The zero-order valence-electron chi connectivity index (χ0n) is 17.2. The van der Waals surface area contributed by atoms with Gasteiger partial charge >= 0.3 is 0 Å². The lowest BCUT2D eigenvalue weighted by molar-refractivity contribution is -0.0730. The van der Waals surface area contributed by atoms with Gasteiger partial charge in [-0.1, -0.05) is 64.0 Å². The Morgan fingerprint density at radius 3 is 2.19 bits per heavy atom. The molecule has 0 spiro atoms. The molecule has 27 heavy (non-hydrogen) atoms. The van der Waals surface area contributed by atoms with Crippen LogP contribution in [0, 0.1) is 0 Å². The van der Waals surface area contributed by atoms with Crippen LogP contribution >= 0.6 is 0 Å². The molecule has 4 atom stereocenters. The number of allylic oxidation sites excluding steroid dienone is 2. The highest BCUT2D eigenvalue weighted by Gasteiger charge is 2.40. The molecule has 0 unspecified atom stereocenters. The molecule has 1 fully saturated rings. The van der Waals surface area contributed by atoms with Crippen LogP contribution in [0.25, 0.3) is 0 Å². The molecule has 0 bridgehead atoms. The number of rotatable bonds is 17. The van der Waals surface area contributed by atoms with E-state index in [1.54, 1.807) is 0 Å². The van der Waals surface area contributed by atoms with Crippen molar-refractivity contribution >= 4 is 0 Å². The highest BCUT2D eigenvalue weighted by Crippen LogP contribution is 2.20. The van der Waals surface area contributed by atoms with E-state index in [4.69, 9.17) is 14.6 Å². The third-order valence-electron chi connectivity index (χ3n) is 5.22. The Hall–Kier alpha value is -0.460. The third-order valence-corrected chi connectivity index (χ3v) is 5.22. The predicted octanol–water partition coefficient (Wildman–Crippen LogP) is 3.74. The van der Waals surface area contributed by atoms with Gasteiger partial charge in [-0.3, -0.25) is 0 Å². The van der Waals surface area contributed by atoms with Gasteiger partial charge in [0, 0.05) is 6.61 Å². The fourth-order valence-electron chi connectivity index (χ4n) is 3.43. The van der Waals surface area contributed by atoms with Crippen LogP contribution in [0.5, 0.6) is 0 Å². The number of aliphatic hydroxyl groups excluding tert-OH is 3. The molecule has 5 heteroatoms. The predicted molar refractivity (Wildman–Crippen MR) is 109 cm³/mol. The number of aliphatic hydroxyl groups is 3. The topological polar surface area (TPSA) is 79.2 Å². The van der Waals surface area contributed by atoms with Crippen LogP contribution in [0.1, 0.15) is 84.0 Å². The van der Waals surface area contributed by atoms with E-state index in [1.165, 1.54) is 64.2 Å². The molecular weight excluding hydrogens is 344 g/mol. The second kappa shape index (κ2) is 16.5. The van der Waals surface area contributed by atoms with E-state index < -0.39 is 31.0 Å². The Balaban J connectivity index is 1.86. The van der Waals surface area contributed by atoms with E-state index in [0.717, 1.165) is 12.8 Å². The minimum Gasteiger partial charge on any atom is -0.394 e. The van der Waals surface area contributed by atoms with Gasteiger partial charge in [0.15, 0.2) is 0 Å².